The van der Waals surface area contributed by atoms with Crippen LogP contribution in [0.1, 0.15) is 21.6 Å². The van der Waals surface area contributed by atoms with Gasteiger partial charge >= 0.3 is 0 Å². The van der Waals surface area contributed by atoms with Gasteiger partial charge in [0.15, 0.2) is 0 Å². The third kappa shape index (κ3) is 4.23. The van der Waals surface area contributed by atoms with Gasteiger partial charge < -0.3 is 20.1 Å². The maximum atomic E-state index is 12.5. The first kappa shape index (κ1) is 19.2. The molecule has 28 heavy (non-hydrogen) atoms. The van der Waals surface area contributed by atoms with E-state index in [-0.39, 0.29) is 5.91 Å². The normalized spacial score (nSPS) is 10.3. The van der Waals surface area contributed by atoms with E-state index >= 15 is 0 Å². The molecular formula is C22H23N3O3. The predicted molar refractivity (Wildman–Crippen MR) is 111 cm³/mol. The van der Waals surface area contributed by atoms with E-state index in [0.717, 1.165) is 11.4 Å². The Hall–Kier alpha value is -3.54. The number of benzene rings is 2. The summed E-state index contributed by atoms with van der Waals surface area (Å²) in [6.45, 7) is 4.13. The molecule has 3 aromatic rings. The van der Waals surface area contributed by atoms with Crippen LogP contribution in [0, 0.1) is 13.8 Å². The van der Waals surface area contributed by atoms with E-state index in [4.69, 9.17) is 9.47 Å². The van der Waals surface area contributed by atoms with Crippen LogP contribution in [-0.2, 0) is 0 Å². The van der Waals surface area contributed by atoms with Gasteiger partial charge in [0.1, 0.15) is 17.2 Å². The van der Waals surface area contributed by atoms with Crippen molar-refractivity contribution in [1.29, 1.82) is 0 Å². The van der Waals surface area contributed by atoms with Crippen LogP contribution in [0.4, 0.5) is 17.1 Å². The number of nitrogens with one attached hydrogen (secondary N) is 2. The predicted octanol–water partition coefficient (Wildman–Crippen LogP) is 4.71. The Morgan fingerprint density at radius 3 is 2.46 bits per heavy atom. The van der Waals surface area contributed by atoms with Gasteiger partial charge in [-0.2, -0.15) is 0 Å². The van der Waals surface area contributed by atoms with E-state index in [1.165, 1.54) is 18.2 Å². The lowest BCUT2D eigenvalue weighted by Gasteiger charge is -2.13. The molecule has 0 unspecified atom stereocenters. The molecule has 0 saturated carbocycles. The highest BCUT2D eigenvalue weighted by Crippen LogP contribution is 2.29. The highest BCUT2D eigenvalue weighted by atomic mass is 16.5. The lowest BCUT2D eigenvalue weighted by Crippen LogP contribution is -2.14. The number of nitrogens with zero attached hydrogens (tertiary/aromatic N) is 1. The number of pyridine rings is 1. The van der Waals surface area contributed by atoms with Gasteiger partial charge in [0.05, 0.1) is 31.8 Å². The first-order valence-corrected chi connectivity index (χ1v) is 8.84. The SMILES string of the molecule is COc1ccc(NC(=O)c2ccc(Nc3cccc(C)c3C)cn2)c(OC)c1. The molecule has 1 heterocycles. The molecule has 144 valence electrons. The average Bonchev–Trinajstić information content (AvgIpc) is 2.72. The number of methoxy groups -OCH3 is 2. The van der Waals surface area contributed by atoms with Crippen LogP contribution in [0.5, 0.6) is 11.5 Å². The van der Waals surface area contributed by atoms with Crippen molar-refractivity contribution in [1.82, 2.24) is 4.98 Å². The standard InChI is InChI=1S/C22H23N3O3/c1-14-6-5-7-18(15(14)2)24-16-8-10-20(23-13-16)22(26)25-19-11-9-17(27-3)12-21(19)28-4/h5-13,24H,1-4H3,(H,25,26). The van der Waals surface area contributed by atoms with E-state index in [1.54, 1.807) is 37.6 Å². The van der Waals surface area contributed by atoms with E-state index in [9.17, 15) is 4.79 Å². The van der Waals surface area contributed by atoms with Crippen molar-refractivity contribution in [2.75, 3.05) is 24.9 Å². The third-order valence-corrected chi connectivity index (χ3v) is 4.54. The molecule has 0 aliphatic heterocycles. The zero-order valence-electron chi connectivity index (χ0n) is 16.4. The van der Waals surface area contributed by atoms with Gasteiger partial charge in [0.25, 0.3) is 5.91 Å². The molecule has 0 aliphatic rings. The number of anilines is 3. The number of hydrogen-bond donors (Lipinski definition) is 2. The first-order valence-electron chi connectivity index (χ1n) is 8.84. The number of aryl methyl sites for hydroxylation is 1. The van der Waals surface area contributed by atoms with Crippen LogP contribution in [0.2, 0.25) is 0 Å². The monoisotopic (exact) mass is 377 g/mol. The summed E-state index contributed by atoms with van der Waals surface area (Å²) in [5.41, 5.74) is 5.07. The summed E-state index contributed by atoms with van der Waals surface area (Å²) >= 11 is 0. The van der Waals surface area contributed by atoms with Crippen LogP contribution in [0.3, 0.4) is 0 Å². The molecule has 0 radical (unpaired) electrons. The number of ether oxygens (including phenoxy) is 2. The topological polar surface area (TPSA) is 72.5 Å². The van der Waals surface area contributed by atoms with Gasteiger partial charge in [0, 0.05) is 11.8 Å². The Labute approximate surface area is 164 Å². The van der Waals surface area contributed by atoms with E-state index < -0.39 is 0 Å². The van der Waals surface area contributed by atoms with Gasteiger partial charge in [-0.3, -0.25) is 4.79 Å². The minimum atomic E-state index is -0.318. The van der Waals surface area contributed by atoms with Crippen molar-refractivity contribution in [2.45, 2.75) is 13.8 Å². The fourth-order valence-corrected chi connectivity index (χ4v) is 2.73. The van der Waals surface area contributed by atoms with Crippen molar-refractivity contribution >= 4 is 23.0 Å². The Bertz CT molecular complexity index is 985. The first-order chi connectivity index (χ1) is 13.5. The highest BCUT2D eigenvalue weighted by Gasteiger charge is 2.12. The smallest absolute Gasteiger partial charge is 0.274 e. The Balaban J connectivity index is 1.73. The lowest BCUT2D eigenvalue weighted by atomic mass is 10.1. The van der Waals surface area contributed by atoms with E-state index in [2.05, 4.69) is 35.5 Å². The molecule has 1 aromatic heterocycles. The summed E-state index contributed by atoms with van der Waals surface area (Å²) in [5, 5.41) is 6.14. The molecule has 0 spiro atoms. The largest absolute Gasteiger partial charge is 0.497 e. The van der Waals surface area contributed by atoms with Crippen molar-refractivity contribution in [3.8, 4) is 11.5 Å². The molecule has 0 fully saturated rings. The van der Waals surface area contributed by atoms with Crippen LogP contribution in [0.15, 0.2) is 54.7 Å². The minimum absolute atomic E-state index is 0.310. The van der Waals surface area contributed by atoms with Crippen molar-refractivity contribution in [2.24, 2.45) is 0 Å². The molecule has 3 rings (SSSR count). The molecule has 2 N–H and O–H groups in total. The quantitative estimate of drug-likeness (QED) is 0.651. The fourth-order valence-electron chi connectivity index (χ4n) is 2.73. The molecule has 6 heteroatoms. The van der Waals surface area contributed by atoms with Gasteiger partial charge in [-0.1, -0.05) is 12.1 Å². The molecular weight excluding hydrogens is 354 g/mol. The van der Waals surface area contributed by atoms with Crippen molar-refractivity contribution in [3.05, 3.63) is 71.5 Å². The van der Waals surface area contributed by atoms with Crippen LogP contribution < -0.4 is 20.1 Å². The summed E-state index contributed by atoms with van der Waals surface area (Å²) in [6.07, 6.45) is 1.64. The van der Waals surface area contributed by atoms with E-state index in [1.807, 2.05) is 18.2 Å². The molecule has 6 nitrogen and oxygen atoms in total. The summed E-state index contributed by atoms with van der Waals surface area (Å²) in [7, 11) is 3.11. The maximum absolute atomic E-state index is 12.5. The lowest BCUT2D eigenvalue weighted by molar-refractivity contribution is 0.102. The van der Waals surface area contributed by atoms with Gasteiger partial charge in [-0.15, -0.1) is 0 Å². The Morgan fingerprint density at radius 2 is 1.79 bits per heavy atom. The molecule has 2 aromatic carbocycles. The average molecular weight is 377 g/mol. The number of carbonyl (C=O) groups is 1. The van der Waals surface area contributed by atoms with Gasteiger partial charge in [-0.05, 0) is 55.3 Å². The summed E-state index contributed by atoms with van der Waals surface area (Å²) in [5.74, 6) is 0.845. The minimum Gasteiger partial charge on any atom is -0.497 e. The van der Waals surface area contributed by atoms with Gasteiger partial charge in [-0.25, -0.2) is 4.98 Å². The van der Waals surface area contributed by atoms with E-state index in [0.29, 0.717) is 22.9 Å². The van der Waals surface area contributed by atoms with Crippen LogP contribution in [-0.4, -0.2) is 25.1 Å². The number of hydrogen-bond acceptors (Lipinski definition) is 5. The Kier molecular flexibility index (Phi) is 5.79. The number of aromatic nitrogens is 1. The molecule has 0 saturated heterocycles. The van der Waals surface area contributed by atoms with Crippen LogP contribution in [0.25, 0.3) is 0 Å². The number of amides is 1. The number of carbonyl (C=O) groups excluding carboxylic acids is 1. The van der Waals surface area contributed by atoms with Crippen molar-refractivity contribution in [3.63, 3.8) is 0 Å². The van der Waals surface area contributed by atoms with Gasteiger partial charge in [0.2, 0.25) is 0 Å². The Morgan fingerprint density at radius 1 is 0.964 bits per heavy atom. The molecule has 1 amide bonds. The maximum Gasteiger partial charge on any atom is 0.274 e. The third-order valence-electron chi connectivity index (χ3n) is 4.54. The fraction of sp³-hybridized carbons (Fsp3) is 0.182. The second-order valence-corrected chi connectivity index (χ2v) is 6.32. The second kappa shape index (κ2) is 8.43. The second-order valence-electron chi connectivity index (χ2n) is 6.32. The zero-order chi connectivity index (χ0) is 20.1. The molecule has 0 aliphatic carbocycles. The molecule has 0 atom stereocenters. The number of rotatable bonds is 6. The summed E-state index contributed by atoms with van der Waals surface area (Å²) < 4.78 is 10.5. The highest BCUT2D eigenvalue weighted by molar-refractivity contribution is 6.03. The summed E-state index contributed by atoms with van der Waals surface area (Å²) in [4.78, 5) is 16.8. The molecule has 0 bridgehead atoms. The zero-order valence-corrected chi connectivity index (χ0v) is 16.4. The summed E-state index contributed by atoms with van der Waals surface area (Å²) in [6, 6.07) is 14.8. The van der Waals surface area contributed by atoms with Crippen molar-refractivity contribution < 1.29 is 14.3 Å². The van der Waals surface area contributed by atoms with Crippen LogP contribution >= 0.6 is 0 Å².